The summed E-state index contributed by atoms with van der Waals surface area (Å²) in [7, 11) is 0. The number of carbonyl (C=O) groups is 2. The van der Waals surface area contributed by atoms with Crippen molar-refractivity contribution in [2.75, 3.05) is 13.1 Å². The molecule has 1 fully saturated rings. The summed E-state index contributed by atoms with van der Waals surface area (Å²) < 4.78 is 0. The highest BCUT2D eigenvalue weighted by molar-refractivity contribution is 5.80. The van der Waals surface area contributed by atoms with Gasteiger partial charge in [0.05, 0.1) is 12.5 Å². The summed E-state index contributed by atoms with van der Waals surface area (Å²) in [6.07, 6.45) is 6.81. The van der Waals surface area contributed by atoms with E-state index < -0.39 is 0 Å². The van der Waals surface area contributed by atoms with E-state index >= 15 is 0 Å². The number of rotatable bonds is 3. The topological polar surface area (TPSA) is 75.2 Å². The molecule has 0 aromatic carbocycles. The third-order valence-corrected chi connectivity index (χ3v) is 4.52. The van der Waals surface area contributed by atoms with Crippen molar-refractivity contribution in [1.82, 2.24) is 20.2 Å². The summed E-state index contributed by atoms with van der Waals surface area (Å²) in [6.45, 7) is 3.20. The number of carbonyl (C=O) groups excluding carboxylic acids is 2. The van der Waals surface area contributed by atoms with E-state index in [-0.39, 0.29) is 17.7 Å². The van der Waals surface area contributed by atoms with Gasteiger partial charge in [0.1, 0.15) is 5.82 Å². The number of hydrogen-bond donors (Lipinski definition) is 1. The van der Waals surface area contributed by atoms with Gasteiger partial charge in [-0.15, -0.1) is 0 Å². The maximum absolute atomic E-state index is 12.3. The molecule has 2 amide bonds. The summed E-state index contributed by atoms with van der Waals surface area (Å²) in [5, 5.41) is 2.92. The first-order valence-electron chi connectivity index (χ1n) is 8.00. The van der Waals surface area contributed by atoms with Gasteiger partial charge in [-0.25, -0.2) is 9.97 Å². The zero-order valence-electron chi connectivity index (χ0n) is 13.0. The van der Waals surface area contributed by atoms with Crippen LogP contribution in [0.1, 0.15) is 43.3 Å². The van der Waals surface area contributed by atoms with Crippen molar-refractivity contribution in [2.45, 2.75) is 45.6 Å². The number of piperidine rings is 1. The van der Waals surface area contributed by atoms with Crippen LogP contribution in [0.3, 0.4) is 0 Å². The summed E-state index contributed by atoms with van der Waals surface area (Å²) in [5.74, 6) is 0.592. The van der Waals surface area contributed by atoms with Crippen molar-refractivity contribution in [1.29, 1.82) is 0 Å². The van der Waals surface area contributed by atoms with E-state index in [1.54, 1.807) is 11.8 Å². The lowest BCUT2D eigenvalue weighted by atomic mass is 9.97. The molecule has 1 aromatic heterocycles. The monoisotopic (exact) mass is 302 g/mol. The summed E-state index contributed by atoms with van der Waals surface area (Å²) in [4.78, 5) is 34.3. The summed E-state index contributed by atoms with van der Waals surface area (Å²) >= 11 is 0. The van der Waals surface area contributed by atoms with Gasteiger partial charge in [-0.05, 0) is 37.7 Å². The van der Waals surface area contributed by atoms with Gasteiger partial charge >= 0.3 is 0 Å². The van der Waals surface area contributed by atoms with Gasteiger partial charge in [0.15, 0.2) is 0 Å². The third kappa shape index (κ3) is 3.26. The number of nitrogens with zero attached hydrogens (tertiary/aromatic N) is 3. The molecule has 0 bridgehead atoms. The molecular formula is C16H22N4O2. The number of aromatic nitrogens is 2. The molecule has 0 saturated carbocycles. The minimum absolute atomic E-state index is 0.00458. The molecule has 0 radical (unpaired) electrons. The SMILES string of the molecule is CC(=O)N1CCC[C@H](C(=O)NCc2ncc3c(n2)CCC3)C1. The zero-order valence-corrected chi connectivity index (χ0v) is 13.0. The Kier molecular flexibility index (Phi) is 4.36. The van der Waals surface area contributed by atoms with Crippen LogP contribution in [0.4, 0.5) is 0 Å². The second-order valence-electron chi connectivity index (χ2n) is 6.13. The smallest absolute Gasteiger partial charge is 0.225 e. The number of aryl methyl sites for hydroxylation is 2. The Morgan fingerprint density at radius 1 is 1.36 bits per heavy atom. The molecule has 1 aromatic rings. The van der Waals surface area contributed by atoms with Gasteiger partial charge in [-0.3, -0.25) is 9.59 Å². The second kappa shape index (κ2) is 6.42. The van der Waals surface area contributed by atoms with E-state index in [1.165, 1.54) is 5.56 Å². The van der Waals surface area contributed by atoms with Crippen LogP contribution in [0, 0.1) is 5.92 Å². The van der Waals surface area contributed by atoms with Crippen molar-refractivity contribution in [3.8, 4) is 0 Å². The standard InChI is InChI=1S/C16H22N4O2/c1-11(21)20-7-3-5-13(10-20)16(22)18-9-15-17-8-12-4-2-6-14(12)19-15/h8,13H,2-7,9-10H2,1H3,(H,18,22)/t13-/m0/s1. The Morgan fingerprint density at radius 2 is 2.23 bits per heavy atom. The molecule has 1 atom stereocenters. The predicted molar refractivity (Wildman–Crippen MR) is 80.9 cm³/mol. The first-order valence-corrected chi connectivity index (χ1v) is 8.00. The fourth-order valence-corrected chi connectivity index (χ4v) is 3.23. The molecular weight excluding hydrogens is 280 g/mol. The molecule has 6 heteroatoms. The third-order valence-electron chi connectivity index (χ3n) is 4.52. The lowest BCUT2D eigenvalue weighted by Crippen LogP contribution is -2.44. The van der Waals surface area contributed by atoms with Gasteiger partial charge in [0, 0.05) is 31.9 Å². The van der Waals surface area contributed by atoms with E-state index in [9.17, 15) is 9.59 Å². The minimum Gasteiger partial charge on any atom is -0.349 e. The summed E-state index contributed by atoms with van der Waals surface area (Å²) in [6, 6.07) is 0. The Morgan fingerprint density at radius 3 is 3.05 bits per heavy atom. The minimum atomic E-state index is -0.118. The summed E-state index contributed by atoms with van der Waals surface area (Å²) in [5.41, 5.74) is 2.36. The van der Waals surface area contributed by atoms with Crippen LogP contribution < -0.4 is 5.32 Å². The molecule has 3 rings (SSSR count). The number of likely N-dealkylation sites (tertiary alicyclic amines) is 1. The van der Waals surface area contributed by atoms with Crippen molar-refractivity contribution in [2.24, 2.45) is 5.92 Å². The molecule has 0 unspecified atom stereocenters. The fraction of sp³-hybridized carbons (Fsp3) is 0.625. The van der Waals surface area contributed by atoms with Gasteiger partial charge in [-0.2, -0.15) is 0 Å². The maximum Gasteiger partial charge on any atom is 0.225 e. The average molecular weight is 302 g/mol. The number of fused-ring (bicyclic) bond motifs is 1. The Bertz CT molecular complexity index is 588. The van der Waals surface area contributed by atoms with Crippen LogP contribution in [0.15, 0.2) is 6.20 Å². The second-order valence-corrected chi connectivity index (χ2v) is 6.13. The highest BCUT2D eigenvalue weighted by Gasteiger charge is 2.27. The van der Waals surface area contributed by atoms with Crippen molar-refractivity contribution in [3.63, 3.8) is 0 Å². The molecule has 118 valence electrons. The van der Waals surface area contributed by atoms with Crippen LogP contribution in [0.2, 0.25) is 0 Å². The fourth-order valence-electron chi connectivity index (χ4n) is 3.23. The van der Waals surface area contributed by atoms with Crippen molar-refractivity contribution < 1.29 is 9.59 Å². The van der Waals surface area contributed by atoms with Crippen LogP contribution in [-0.4, -0.2) is 39.8 Å². The van der Waals surface area contributed by atoms with E-state index in [0.717, 1.165) is 44.3 Å². The number of hydrogen-bond acceptors (Lipinski definition) is 4. The first-order chi connectivity index (χ1) is 10.6. The first kappa shape index (κ1) is 14.9. The van der Waals surface area contributed by atoms with Crippen molar-refractivity contribution >= 4 is 11.8 Å². The van der Waals surface area contributed by atoms with Gasteiger partial charge in [0.2, 0.25) is 11.8 Å². The molecule has 2 heterocycles. The molecule has 1 aliphatic carbocycles. The number of nitrogens with one attached hydrogen (secondary N) is 1. The van der Waals surface area contributed by atoms with E-state index in [2.05, 4.69) is 15.3 Å². The van der Waals surface area contributed by atoms with Crippen LogP contribution >= 0.6 is 0 Å². The van der Waals surface area contributed by atoms with Gasteiger partial charge < -0.3 is 10.2 Å². The molecule has 0 spiro atoms. The molecule has 1 saturated heterocycles. The van der Waals surface area contributed by atoms with Gasteiger partial charge in [-0.1, -0.05) is 0 Å². The number of amides is 2. The lowest BCUT2D eigenvalue weighted by molar-refractivity contribution is -0.134. The maximum atomic E-state index is 12.3. The van der Waals surface area contributed by atoms with Crippen molar-refractivity contribution in [3.05, 3.63) is 23.3 Å². The Balaban J connectivity index is 1.54. The Hall–Kier alpha value is -1.98. The van der Waals surface area contributed by atoms with E-state index in [0.29, 0.717) is 18.9 Å². The van der Waals surface area contributed by atoms with Crippen LogP contribution in [0.25, 0.3) is 0 Å². The Labute approximate surface area is 130 Å². The molecule has 1 aliphatic heterocycles. The van der Waals surface area contributed by atoms with Gasteiger partial charge in [0.25, 0.3) is 0 Å². The highest BCUT2D eigenvalue weighted by atomic mass is 16.2. The van der Waals surface area contributed by atoms with E-state index in [1.807, 2.05) is 6.20 Å². The molecule has 2 aliphatic rings. The molecule has 6 nitrogen and oxygen atoms in total. The predicted octanol–water partition coefficient (Wildman–Crippen LogP) is 0.840. The highest BCUT2D eigenvalue weighted by Crippen LogP contribution is 2.19. The molecule has 1 N–H and O–H groups in total. The van der Waals surface area contributed by atoms with Crippen LogP contribution in [-0.2, 0) is 29.0 Å². The lowest BCUT2D eigenvalue weighted by Gasteiger charge is -2.31. The zero-order chi connectivity index (χ0) is 15.5. The van der Waals surface area contributed by atoms with Crippen LogP contribution in [0.5, 0.6) is 0 Å². The van der Waals surface area contributed by atoms with E-state index in [4.69, 9.17) is 0 Å². The largest absolute Gasteiger partial charge is 0.349 e. The normalized spacial score (nSPS) is 20.6. The quantitative estimate of drug-likeness (QED) is 0.898. The average Bonchev–Trinajstić information content (AvgIpc) is 3.00. The molecule has 22 heavy (non-hydrogen) atoms.